The van der Waals surface area contributed by atoms with Gasteiger partial charge in [-0.1, -0.05) is 18.2 Å². The second-order valence-electron chi connectivity index (χ2n) is 5.17. The molecule has 0 bridgehead atoms. The molecule has 0 amide bonds. The summed E-state index contributed by atoms with van der Waals surface area (Å²) in [4.78, 5) is 11.1. The monoisotopic (exact) mass is 320 g/mol. The van der Waals surface area contributed by atoms with Crippen LogP contribution in [0.3, 0.4) is 0 Å². The molecule has 0 aliphatic heterocycles. The highest BCUT2D eigenvalue weighted by molar-refractivity contribution is 5.62. The molecule has 122 valence electrons. The Morgan fingerprint density at radius 2 is 1.75 bits per heavy atom. The van der Waals surface area contributed by atoms with Crippen LogP contribution >= 0.6 is 0 Å². The van der Waals surface area contributed by atoms with Crippen molar-refractivity contribution >= 4 is 23.1 Å². The molecule has 1 heterocycles. The molecule has 24 heavy (non-hydrogen) atoms. The van der Waals surface area contributed by atoms with Crippen molar-refractivity contribution in [1.29, 1.82) is 0 Å². The molecule has 0 atom stereocenters. The first-order valence-corrected chi connectivity index (χ1v) is 7.87. The second-order valence-corrected chi connectivity index (χ2v) is 5.17. The molecular weight excluding hydrogens is 300 g/mol. The molecule has 0 radical (unpaired) electrons. The van der Waals surface area contributed by atoms with Crippen LogP contribution in [0.2, 0.25) is 0 Å². The number of nitrogens with one attached hydrogen (secondary N) is 1. The molecule has 3 rings (SSSR count). The van der Waals surface area contributed by atoms with E-state index in [0.717, 1.165) is 29.5 Å². The first kappa shape index (κ1) is 15.8. The first-order chi connectivity index (χ1) is 11.8. The van der Waals surface area contributed by atoms with Crippen molar-refractivity contribution in [3.05, 3.63) is 66.9 Å². The van der Waals surface area contributed by atoms with Crippen LogP contribution in [0.4, 0.5) is 23.1 Å². The van der Waals surface area contributed by atoms with Crippen molar-refractivity contribution in [3.63, 3.8) is 0 Å². The van der Waals surface area contributed by atoms with Gasteiger partial charge >= 0.3 is 0 Å². The Bertz CT molecular complexity index is 775. The van der Waals surface area contributed by atoms with Crippen molar-refractivity contribution in [2.45, 2.75) is 6.92 Å². The Morgan fingerprint density at radius 3 is 2.42 bits per heavy atom. The van der Waals surface area contributed by atoms with Crippen molar-refractivity contribution < 1.29 is 4.74 Å². The number of methoxy groups -OCH3 is 1. The molecule has 0 aliphatic rings. The average Bonchev–Trinajstić information content (AvgIpc) is 2.64. The molecule has 0 saturated carbocycles. The van der Waals surface area contributed by atoms with E-state index in [4.69, 9.17) is 4.74 Å². The molecule has 2 aromatic carbocycles. The number of ether oxygens (including phenoxy) is 1. The quantitative estimate of drug-likeness (QED) is 0.730. The van der Waals surface area contributed by atoms with Crippen LogP contribution in [-0.4, -0.2) is 23.6 Å². The zero-order chi connectivity index (χ0) is 16.8. The van der Waals surface area contributed by atoms with E-state index < -0.39 is 0 Å². The first-order valence-electron chi connectivity index (χ1n) is 7.87. The molecule has 3 aromatic rings. The molecule has 0 aliphatic carbocycles. The maximum atomic E-state index is 5.17. The molecule has 1 N–H and O–H groups in total. The largest absolute Gasteiger partial charge is 0.497 e. The topological polar surface area (TPSA) is 50.3 Å². The van der Waals surface area contributed by atoms with E-state index in [-0.39, 0.29) is 0 Å². The smallest absolute Gasteiger partial charge is 0.229 e. The van der Waals surface area contributed by atoms with E-state index in [1.54, 1.807) is 13.3 Å². The minimum absolute atomic E-state index is 0.562. The number of anilines is 4. The van der Waals surface area contributed by atoms with Gasteiger partial charge in [-0.05, 0) is 49.4 Å². The van der Waals surface area contributed by atoms with Gasteiger partial charge in [-0.15, -0.1) is 0 Å². The van der Waals surface area contributed by atoms with Gasteiger partial charge in [0, 0.05) is 24.1 Å². The maximum Gasteiger partial charge on any atom is 0.229 e. The van der Waals surface area contributed by atoms with Crippen molar-refractivity contribution in [3.8, 4) is 5.75 Å². The molecule has 1 aromatic heterocycles. The summed E-state index contributed by atoms with van der Waals surface area (Å²) >= 11 is 0. The molecule has 0 unspecified atom stereocenters. The van der Waals surface area contributed by atoms with Gasteiger partial charge in [0.25, 0.3) is 0 Å². The normalized spacial score (nSPS) is 10.2. The fourth-order valence-corrected chi connectivity index (χ4v) is 2.45. The van der Waals surface area contributed by atoms with Crippen LogP contribution in [0, 0.1) is 0 Å². The summed E-state index contributed by atoms with van der Waals surface area (Å²) in [5.74, 6) is 2.23. The number of benzene rings is 2. The van der Waals surface area contributed by atoms with Gasteiger partial charge in [0.2, 0.25) is 5.95 Å². The Labute approximate surface area is 142 Å². The van der Waals surface area contributed by atoms with Gasteiger partial charge in [-0.3, -0.25) is 0 Å². The Morgan fingerprint density at radius 1 is 1.00 bits per heavy atom. The highest BCUT2D eigenvalue weighted by Crippen LogP contribution is 2.24. The summed E-state index contributed by atoms with van der Waals surface area (Å²) < 4.78 is 5.17. The number of aromatic nitrogens is 2. The standard InChI is InChI=1S/C19H20N4O/c1-3-23(16-7-5-4-6-8-16)18-13-14-20-19(22-18)21-15-9-11-17(24-2)12-10-15/h4-14H,3H2,1-2H3,(H,20,21,22). The number of hydrogen-bond acceptors (Lipinski definition) is 5. The summed E-state index contributed by atoms with van der Waals surface area (Å²) in [6, 6.07) is 19.8. The van der Waals surface area contributed by atoms with Crippen LogP contribution in [-0.2, 0) is 0 Å². The minimum Gasteiger partial charge on any atom is -0.497 e. The number of para-hydroxylation sites is 1. The zero-order valence-electron chi connectivity index (χ0n) is 13.8. The van der Waals surface area contributed by atoms with E-state index in [0.29, 0.717) is 5.95 Å². The third kappa shape index (κ3) is 3.63. The second kappa shape index (κ2) is 7.46. The maximum absolute atomic E-state index is 5.17. The Hall–Kier alpha value is -3.08. The highest BCUT2D eigenvalue weighted by Gasteiger charge is 2.09. The van der Waals surface area contributed by atoms with Crippen LogP contribution in [0.25, 0.3) is 0 Å². The van der Waals surface area contributed by atoms with Crippen molar-refractivity contribution in [2.75, 3.05) is 23.9 Å². The molecule has 0 spiro atoms. The van der Waals surface area contributed by atoms with Crippen LogP contribution in [0.5, 0.6) is 5.75 Å². The molecule has 5 heteroatoms. The van der Waals surface area contributed by atoms with Crippen molar-refractivity contribution in [2.24, 2.45) is 0 Å². The SMILES string of the molecule is CCN(c1ccccc1)c1ccnc(Nc2ccc(OC)cc2)n1. The zero-order valence-corrected chi connectivity index (χ0v) is 13.8. The van der Waals surface area contributed by atoms with E-state index in [2.05, 4.69) is 39.2 Å². The fourth-order valence-electron chi connectivity index (χ4n) is 2.45. The van der Waals surface area contributed by atoms with Crippen LogP contribution in [0.1, 0.15) is 6.92 Å². The lowest BCUT2D eigenvalue weighted by Gasteiger charge is -2.22. The fraction of sp³-hybridized carbons (Fsp3) is 0.158. The van der Waals surface area contributed by atoms with Gasteiger partial charge in [0.15, 0.2) is 0 Å². The van der Waals surface area contributed by atoms with Gasteiger partial charge in [0.1, 0.15) is 11.6 Å². The minimum atomic E-state index is 0.562. The van der Waals surface area contributed by atoms with Gasteiger partial charge < -0.3 is 15.0 Å². The predicted molar refractivity (Wildman–Crippen MR) is 97.4 cm³/mol. The summed E-state index contributed by atoms with van der Waals surface area (Å²) in [7, 11) is 1.65. The van der Waals surface area contributed by atoms with Crippen molar-refractivity contribution in [1.82, 2.24) is 9.97 Å². The average molecular weight is 320 g/mol. The molecule has 0 saturated heterocycles. The van der Waals surface area contributed by atoms with E-state index in [1.165, 1.54) is 0 Å². The predicted octanol–water partition coefficient (Wildman–Crippen LogP) is 4.39. The number of nitrogens with zero attached hydrogens (tertiary/aromatic N) is 3. The number of hydrogen-bond donors (Lipinski definition) is 1. The lowest BCUT2D eigenvalue weighted by molar-refractivity contribution is 0.415. The van der Waals surface area contributed by atoms with Crippen LogP contribution < -0.4 is 15.0 Å². The lowest BCUT2D eigenvalue weighted by atomic mass is 10.3. The Kier molecular flexibility index (Phi) is 4.91. The van der Waals surface area contributed by atoms with Gasteiger partial charge in [0.05, 0.1) is 7.11 Å². The van der Waals surface area contributed by atoms with E-state index in [9.17, 15) is 0 Å². The van der Waals surface area contributed by atoms with Gasteiger partial charge in [-0.25, -0.2) is 4.98 Å². The summed E-state index contributed by atoms with van der Waals surface area (Å²) in [6.07, 6.45) is 1.76. The van der Waals surface area contributed by atoms with Crippen LogP contribution in [0.15, 0.2) is 66.9 Å². The Balaban J connectivity index is 1.82. The third-order valence-corrected chi connectivity index (χ3v) is 3.65. The van der Waals surface area contributed by atoms with E-state index >= 15 is 0 Å². The lowest BCUT2D eigenvalue weighted by Crippen LogP contribution is -2.17. The summed E-state index contributed by atoms with van der Waals surface area (Å²) in [5, 5.41) is 3.22. The highest BCUT2D eigenvalue weighted by atomic mass is 16.5. The summed E-state index contributed by atoms with van der Waals surface area (Å²) in [5.41, 5.74) is 2.02. The van der Waals surface area contributed by atoms with Gasteiger partial charge in [-0.2, -0.15) is 4.98 Å². The summed E-state index contributed by atoms with van der Waals surface area (Å²) in [6.45, 7) is 2.93. The molecular formula is C19H20N4O. The molecule has 0 fully saturated rings. The van der Waals surface area contributed by atoms with E-state index in [1.807, 2.05) is 48.5 Å². The molecule has 5 nitrogen and oxygen atoms in total. The third-order valence-electron chi connectivity index (χ3n) is 3.65. The number of rotatable bonds is 6.